The fourth-order valence-electron chi connectivity index (χ4n) is 3.90. The fraction of sp³-hybridized carbons (Fsp3) is 0.524. The van der Waals surface area contributed by atoms with E-state index in [1.54, 1.807) is 0 Å². The summed E-state index contributed by atoms with van der Waals surface area (Å²) in [6.07, 6.45) is 3.81. The van der Waals surface area contributed by atoms with E-state index < -0.39 is 0 Å². The highest BCUT2D eigenvalue weighted by molar-refractivity contribution is 5.84. The summed E-state index contributed by atoms with van der Waals surface area (Å²) >= 11 is 0. The molecule has 26 heavy (non-hydrogen) atoms. The highest BCUT2D eigenvalue weighted by Crippen LogP contribution is 2.22. The zero-order valence-corrected chi connectivity index (χ0v) is 16.3. The van der Waals surface area contributed by atoms with Crippen molar-refractivity contribution in [3.8, 4) is 0 Å². The number of pyridine rings is 1. The molecule has 1 N–H and O–H groups in total. The monoisotopic (exact) mass is 354 g/mol. The second kappa shape index (κ2) is 8.14. The van der Waals surface area contributed by atoms with E-state index in [-0.39, 0.29) is 11.8 Å². The van der Waals surface area contributed by atoms with Crippen molar-refractivity contribution in [1.82, 2.24) is 20.1 Å². The average molecular weight is 354 g/mol. The van der Waals surface area contributed by atoms with E-state index in [1.165, 1.54) is 5.56 Å². The van der Waals surface area contributed by atoms with Gasteiger partial charge in [-0.25, -0.2) is 0 Å². The van der Waals surface area contributed by atoms with E-state index >= 15 is 0 Å². The van der Waals surface area contributed by atoms with E-state index in [9.17, 15) is 4.79 Å². The predicted octanol–water partition coefficient (Wildman–Crippen LogP) is 2.43. The van der Waals surface area contributed by atoms with Gasteiger partial charge in [0.2, 0.25) is 5.91 Å². The number of hydrogen-bond donors (Lipinski definition) is 1. The van der Waals surface area contributed by atoms with Crippen molar-refractivity contribution in [3.63, 3.8) is 0 Å². The first-order valence-electron chi connectivity index (χ1n) is 9.41. The maximum atomic E-state index is 12.8. The van der Waals surface area contributed by atoms with Gasteiger partial charge in [0.1, 0.15) is 0 Å². The standard InChI is InChI=1S/C21H30N4O/c1-15-7-10-20-18(6-5-11-22-20)19(15)12-23-21(26)16-8-9-17(24(2)3)14-25(4)13-16/h5-7,10-11,16-17H,8-9,12-14H2,1-4H3,(H,23,26)/t16-,17+/m1/s1. The molecule has 0 saturated carbocycles. The lowest BCUT2D eigenvalue weighted by atomic mass is 9.99. The number of carbonyl (C=O) groups excluding carboxylic acids is 1. The number of benzene rings is 1. The predicted molar refractivity (Wildman–Crippen MR) is 106 cm³/mol. The van der Waals surface area contributed by atoms with Crippen molar-refractivity contribution in [2.45, 2.75) is 32.4 Å². The van der Waals surface area contributed by atoms with Gasteiger partial charge in [-0.3, -0.25) is 9.78 Å². The van der Waals surface area contributed by atoms with Crippen molar-refractivity contribution in [3.05, 3.63) is 41.6 Å². The van der Waals surface area contributed by atoms with Gasteiger partial charge < -0.3 is 15.1 Å². The summed E-state index contributed by atoms with van der Waals surface area (Å²) in [5, 5.41) is 4.31. The molecule has 1 aliphatic heterocycles. The number of fused-ring (bicyclic) bond motifs is 1. The first-order valence-corrected chi connectivity index (χ1v) is 9.41. The minimum atomic E-state index is 0.0540. The van der Waals surface area contributed by atoms with Gasteiger partial charge in [0.05, 0.1) is 11.4 Å². The summed E-state index contributed by atoms with van der Waals surface area (Å²) in [6, 6.07) is 8.67. The van der Waals surface area contributed by atoms with E-state index in [1.807, 2.05) is 18.3 Å². The second-order valence-electron chi connectivity index (χ2n) is 7.76. The molecule has 1 aliphatic rings. The molecule has 0 bridgehead atoms. The molecule has 0 radical (unpaired) electrons. The van der Waals surface area contributed by atoms with Gasteiger partial charge in [-0.05, 0) is 64.2 Å². The Bertz CT molecular complexity index is 774. The third kappa shape index (κ3) is 4.22. The van der Waals surface area contributed by atoms with Crippen molar-refractivity contribution in [2.75, 3.05) is 34.2 Å². The highest BCUT2D eigenvalue weighted by atomic mass is 16.1. The molecule has 2 atom stereocenters. The molecular formula is C21H30N4O. The first-order chi connectivity index (χ1) is 12.5. The van der Waals surface area contributed by atoms with Gasteiger partial charge in [0.15, 0.2) is 0 Å². The Morgan fingerprint density at radius 1 is 1.27 bits per heavy atom. The number of nitrogens with one attached hydrogen (secondary N) is 1. The van der Waals surface area contributed by atoms with Gasteiger partial charge in [-0.15, -0.1) is 0 Å². The molecule has 1 aromatic heterocycles. The van der Waals surface area contributed by atoms with Crippen molar-refractivity contribution in [2.24, 2.45) is 5.92 Å². The quantitative estimate of drug-likeness (QED) is 0.916. The molecule has 2 heterocycles. The number of likely N-dealkylation sites (N-methyl/N-ethyl adjacent to an activating group) is 2. The molecule has 5 nitrogen and oxygen atoms in total. The summed E-state index contributed by atoms with van der Waals surface area (Å²) in [5.74, 6) is 0.218. The number of rotatable bonds is 4. The van der Waals surface area contributed by atoms with Gasteiger partial charge >= 0.3 is 0 Å². The molecule has 1 fully saturated rings. The Morgan fingerprint density at radius 3 is 2.85 bits per heavy atom. The van der Waals surface area contributed by atoms with E-state index in [0.717, 1.165) is 42.4 Å². The van der Waals surface area contributed by atoms with Crippen LogP contribution in [-0.4, -0.2) is 61.0 Å². The van der Waals surface area contributed by atoms with Crippen LogP contribution in [0, 0.1) is 12.8 Å². The SMILES string of the molecule is Cc1ccc2ncccc2c1CNC(=O)[C@@H]1CC[C@H](N(C)C)CN(C)C1. The maximum Gasteiger partial charge on any atom is 0.224 e. The number of amides is 1. The fourth-order valence-corrected chi connectivity index (χ4v) is 3.90. The minimum absolute atomic E-state index is 0.0540. The molecule has 1 saturated heterocycles. The first kappa shape index (κ1) is 18.8. The lowest BCUT2D eigenvalue weighted by Gasteiger charge is -2.25. The molecular weight excluding hydrogens is 324 g/mol. The summed E-state index contributed by atoms with van der Waals surface area (Å²) in [7, 11) is 6.36. The lowest BCUT2D eigenvalue weighted by Crippen LogP contribution is -2.39. The van der Waals surface area contributed by atoms with Crippen molar-refractivity contribution in [1.29, 1.82) is 0 Å². The summed E-state index contributed by atoms with van der Waals surface area (Å²) < 4.78 is 0. The molecule has 2 aromatic rings. The Balaban J connectivity index is 1.68. The summed E-state index contributed by atoms with van der Waals surface area (Å²) in [6.45, 7) is 4.50. The van der Waals surface area contributed by atoms with Crippen LogP contribution in [0.5, 0.6) is 0 Å². The van der Waals surface area contributed by atoms with E-state index in [2.05, 4.69) is 60.3 Å². The topological polar surface area (TPSA) is 48.5 Å². The number of nitrogens with zero attached hydrogens (tertiary/aromatic N) is 3. The molecule has 3 rings (SSSR count). The minimum Gasteiger partial charge on any atom is -0.352 e. The van der Waals surface area contributed by atoms with E-state index in [4.69, 9.17) is 0 Å². The maximum absolute atomic E-state index is 12.8. The molecule has 0 unspecified atom stereocenters. The number of hydrogen-bond acceptors (Lipinski definition) is 4. The number of likely N-dealkylation sites (tertiary alicyclic amines) is 1. The van der Waals surface area contributed by atoms with Crippen molar-refractivity contribution >= 4 is 16.8 Å². The van der Waals surface area contributed by atoms with Gasteiger partial charge in [0.25, 0.3) is 0 Å². The van der Waals surface area contributed by atoms with Gasteiger partial charge in [-0.2, -0.15) is 0 Å². The summed E-state index contributed by atoms with van der Waals surface area (Å²) in [5.41, 5.74) is 3.33. The van der Waals surface area contributed by atoms with Crippen LogP contribution in [0.1, 0.15) is 24.0 Å². The lowest BCUT2D eigenvalue weighted by molar-refractivity contribution is -0.125. The summed E-state index contributed by atoms with van der Waals surface area (Å²) in [4.78, 5) is 21.8. The Labute approximate surface area is 156 Å². The zero-order chi connectivity index (χ0) is 18.7. The largest absolute Gasteiger partial charge is 0.352 e. The third-order valence-electron chi connectivity index (χ3n) is 5.57. The van der Waals surface area contributed by atoms with Crippen LogP contribution in [0.2, 0.25) is 0 Å². The molecule has 1 amide bonds. The normalized spacial score (nSPS) is 21.7. The van der Waals surface area contributed by atoms with Crippen LogP contribution in [0.3, 0.4) is 0 Å². The van der Waals surface area contributed by atoms with Gasteiger partial charge in [0, 0.05) is 37.3 Å². The number of aryl methyl sites for hydroxylation is 1. The zero-order valence-electron chi connectivity index (χ0n) is 16.3. The second-order valence-corrected chi connectivity index (χ2v) is 7.76. The van der Waals surface area contributed by atoms with Gasteiger partial charge in [-0.1, -0.05) is 12.1 Å². The third-order valence-corrected chi connectivity index (χ3v) is 5.57. The molecule has 140 valence electrons. The van der Waals surface area contributed by atoms with Crippen LogP contribution in [-0.2, 0) is 11.3 Å². The van der Waals surface area contributed by atoms with Crippen molar-refractivity contribution < 1.29 is 4.79 Å². The Morgan fingerprint density at radius 2 is 2.08 bits per heavy atom. The number of aromatic nitrogens is 1. The van der Waals surface area contributed by atoms with E-state index in [0.29, 0.717) is 12.6 Å². The van der Waals surface area contributed by atoms with Crippen LogP contribution in [0.25, 0.3) is 10.9 Å². The molecule has 0 aliphatic carbocycles. The highest BCUT2D eigenvalue weighted by Gasteiger charge is 2.27. The molecule has 5 heteroatoms. The average Bonchev–Trinajstić information content (AvgIpc) is 2.82. The number of carbonyl (C=O) groups is 1. The van der Waals surface area contributed by atoms with Crippen LogP contribution in [0.15, 0.2) is 30.5 Å². The Hall–Kier alpha value is -1.98. The smallest absolute Gasteiger partial charge is 0.224 e. The van der Waals surface area contributed by atoms with Crippen LogP contribution in [0.4, 0.5) is 0 Å². The Kier molecular flexibility index (Phi) is 5.89. The molecule has 0 spiro atoms. The molecule has 1 aromatic carbocycles. The van der Waals surface area contributed by atoms with Crippen LogP contribution >= 0.6 is 0 Å². The van der Waals surface area contributed by atoms with Crippen LogP contribution < -0.4 is 5.32 Å².